The molecule has 0 amide bonds. The number of ether oxygens (including phenoxy) is 2. The molecule has 0 aliphatic carbocycles. The average molecular weight is 312 g/mol. The second-order valence-corrected chi connectivity index (χ2v) is 4.62. The molecular formula is C14H14F2N2O4. The number of methoxy groups -OCH3 is 2. The van der Waals surface area contributed by atoms with Crippen LogP contribution in [0.4, 0.5) is 8.78 Å². The lowest BCUT2D eigenvalue weighted by Crippen LogP contribution is -2.08. The molecule has 1 heterocycles. The predicted molar refractivity (Wildman–Crippen MR) is 73.7 cm³/mol. The van der Waals surface area contributed by atoms with Crippen LogP contribution < -0.4 is 9.47 Å². The molecule has 0 saturated carbocycles. The summed E-state index contributed by atoms with van der Waals surface area (Å²) in [4.78, 5) is 10.9. The van der Waals surface area contributed by atoms with E-state index in [0.717, 1.165) is 6.92 Å². The zero-order chi connectivity index (χ0) is 16.5. The molecule has 0 unspecified atom stereocenters. The zero-order valence-electron chi connectivity index (χ0n) is 12.1. The van der Waals surface area contributed by atoms with Crippen molar-refractivity contribution < 1.29 is 28.2 Å². The highest BCUT2D eigenvalue weighted by Crippen LogP contribution is 2.42. The van der Waals surface area contributed by atoms with Gasteiger partial charge in [-0.1, -0.05) is 0 Å². The van der Waals surface area contributed by atoms with Gasteiger partial charge >= 0.3 is 5.97 Å². The third-order valence-electron chi connectivity index (χ3n) is 3.07. The summed E-state index contributed by atoms with van der Waals surface area (Å²) in [5.74, 6) is -4.00. The molecule has 1 aromatic heterocycles. The van der Waals surface area contributed by atoms with Gasteiger partial charge in [-0.05, 0) is 18.2 Å². The number of aromatic carboxylic acids is 1. The van der Waals surface area contributed by atoms with E-state index < -0.39 is 11.9 Å². The van der Waals surface area contributed by atoms with Crippen LogP contribution in [0.1, 0.15) is 23.0 Å². The molecule has 118 valence electrons. The van der Waals surface area contributed by atoms with Gasteiger partial charge in [-0.3, -0.25) is 5.10 Å². The van der Waals surface area contributed by atoms with Crippen LogP contribution in [-0.2, 0) is 5.92 Å². The summed E-state index contributed by atoms with van der Waals surface area (Å²) in [5.41, 5.74) is -0.0783. The largest absolute Gasteiger partial charge is 0.493 e. The fourth-order valence-corrected chi connectivity index (χ4v) is 1.98. The molecule has 2 aromatic rings. The van der Waals surface area contributed by atoms with Crippen LogP contribution in [0, 0.1) is 0 Å². The van der Waals surface area contributed by atoms with Crippen LogP contribution in [0.25, 0.3) is 11.3 Å². The Balaban J connectivity index is 2.68. The maximum atomic E-state index is 13.6. The SMILES string of the molecule is COc1cc(C(C)(F)F)cc(-c2cc(C(=O)O)[nH]n2)c1OC. The fraction of sp³-hybridized carbons (Fsp3) is 0.286. The van der Waals surface area contributed by atoms with Gasteiger partial charge in [-0.25, -0.2) is 13.6 Å². The Hall–Kier alpha value is -2.64. The monoisotopic (exact) mass is 312 g/mol. The van der Waals surface area contributed by atoms with Crippen molar-refractivity contribution in [3.63, 3.8) is 0 Å². The first kappa shape index (κ1) is 15.7. The van der Waals surface area contributed by atoms with Crippen molar-refractivity contribution in [2.75, 3.05) is 14.2 Å². The van der Waals surface area contributed by atoms with E-state index in [0.29, 0.717) is 0 Å². The highest BCUT2D eigenvalue weighted by atomic mass is 19.3. The van der Waals surface area contributed by atoms with Crippen molar-refractivity contribution >= 4 is 5.97 Å². The number of H-pyrrole nitrogens is 1. The quantitative estimate of drug-likeness (QED) is 0.887. The highest BCUT2D eigenvalue weighted by molar-refractivity contribution is 5.87. The molecule has 0 atom stereocenters. The van der Waals surface area contributed by atoms with Crippen molar-refractivity contribution in [1.82, 2.24) is 10.2 Å². The van der Waals surface area contributed by atoms with Gasteiger partial charge in [-0.15, -0.1) is 0 Å². The van der Waals surface area contributed by atoms with Crippen molar-refractivity contribution in [1.29, 1.82) is 0 Å². The number of hydrogen-bond acceptors (Lipinski definition) is 4. The fourth-order valence-electron chi connectivity index (χ4n) is 1.98. The minimum Gasteiger partial charge on any atom is -0.493 e. The highest BCUT2D eigenvalue weighted by Gasteiger charge is 2.28. The minimum atomic E-state index is -3.10. The maximum Gasteiger partial charge on any atom is 0.353 e. The Bertz CT molecular complexity index is 707. The van der Waals surface area contributed by atoms with Crippen molar-refractivity contribution in [3.05, 3.63) is 29.5 Å². The smallest absolute Gasteiger partial charge is 0.353 e. The van der Waals surface area contributed by atoms with Gasteiger partial charge in [0.2, 0.25) is 0 Å². The standard InChI is InChI=1S/C14H14F2N2O4/c1-14(15,16)7-4-8(12(22-3)11(5-7)21-2)9-6-10(13(19)20)18-17-9/h4-6H,1-3H3,(H,17,18)(H,19,20). The first-order valence-corrected chi connectivity index (χ1v) is 6.21. The van der Waals surface area contributed by atoms with Gasteiger partial charge in [0.25, 0.3) is 5.92 Å². The molecule has 1 aromatic carbocycles. The first-order valence-electron chi connectivity index (χ1n) is 6.21. The summed E-state index contributed by atoms with van der Waals surface area (Å²) in [7, 11) is 2.68. The van der Waals surface area contributed by atoms with Gasteiger partial charge in [0.05, 0.1) is 19.9 Å². The van der Waals surface area contributed by atoms with E-state index in [9.17, 15) is 13.6 Å². The van der Waals surface area contributed by atoms with E-state index in [1.165, 1.54) is 32.4 Å². The van der Waals surface area contributed by atoms with Crippen LogP contribution in [0.2, 0.25) is 0 Å². The van der Waals surface area contributed by atoms with Crippen LogP contribution in [0.3, 0.4) is 0 Å². The molecule has 0 radical (unpaired) electrons. The van der Waals surface area contributed by atoms with E-state index in [1.807, 2.05) is 0 Å². The average Bonchev–Trinajstić information content (AvgIpc) is 2.94. The summed E-state index contributed by atoms with van der Waals surface area (Å²) in [6, 6.07) is 3.60. The number of carboxylic acids is 1. The molecule has 22 heavy (non-hydrogen) atoms. The number of carboxylic acid groups (broad SMARTS) is 1. The lowest BCUT2D eigenvalue weighted by molar-refractivity contribution is 0.0172. The molecular weight excluding hydrogens is 298 g/mol. The van der Waals surface area contributed by atoms with Gasteiger partial charge in [-0.2, -0.15) is 5.10 Å². The van der Waals surface area contributed by atoms with Crippen LogP contribution in [-0.4, -0.2) is 35.5 Å². The summed E-state index contributed by atoms with van der Waals surface area (Å²) in [6.45, 7) is 0.755. The second kappa shape index (κ2) is 5.63. The number of aromatic amines is 1. The Morgan fingerprint density at radius 2 is 1.95 bits per heavy atom. The summed E-state index contributed by atoms with van der Waals surface area (Å²) >= 11 is 0. The van der Waals surface area contributed by atoms with E-state index in [4.69, 9.17) is 14.6 Å². The zero-order valence-corrected chi connectivity index (χ0v) is 12.1. The molecule has 0 saturated heterocycles. The summed E-state index contributed by atoms with van der Waals surface area (Å²) in [6.07, 6.45) is 0. The van der Waals surface area contributed by atoms with E-state index in [2.05, 4.69) is 10.2 Å². The maximum absolute atomic E-state index is 13.6. The molecule has 8 heteroatoms. The second-order valence-electron chi connectivity index (χ2n) is 4.62. The van der Waals surface area contributed by atoms with E-state index >= 15 is 0 Å². The molecule has 2 N–H and O–H groups in total. The van der Waals surface area contributed by atoms with Gasteiger partial charge in [0.15, 0.2) is 11.5 Å². The molecule has 0 aliphatic heterocycles. The topological polar surface area (TPSA) is 84.4 Å². The lowest BCUT2D eigenvalue weighted by Gasteiger charge is -2.17. The molecule has 0 fully saturated rings. The van der Waals surface area contributed by atoms with Crippen LogP contribution in [0.5, 0.6) is 11.5 Å². The number of alkyl halides is 2. The Morgan fingerprint density at radius 1 is 1.27 bits per heavy atom. The summed E-state index contributed by atoms with van der Waals surface area (Å²) < 4.78 is 37.5. The van der Waals surface area contributed by atoms with E-state index in [1.54, 1.807) is 0 Å². The number of aromatic nitrogens is 2. The third kappa shape index (κ3) is 2.85. The van der Waals surface area contributed by atoms with Crippen LogP contribution >= 0.6 is 0 Å². The Labute approximate surface area is 124 Å². The Kier molecular flexibility index (Phi) is 4.03. The minimum absolute atomic E-state index is 0.108. The number of carbonyl (C=O) groups is 1. The van der Waals surface area contributed by atoms with Gasteiger partial charge in [0.1, 0.15) is 5.69 Å². The lowest BCUT2D eigenvalue weighted by atomic mass is 10.0. The third-order valence-corrected chi connectivity index (χ3v) is 3.07. The molecule has 0 aliphatic rings. The van der Waals surface area contributed by atoms with Gasteiger partial charge < -0.3 is 14.6 Å². The molecule has 2 rings (SSSR count). The molecule has 6 nitrogen and oxygen atoms in total. The van der Waals surface area contributed by atoms with Gasteiger partial charge in [0, 0.05) is 18.1 Å². The van der Waals surface area contributed by atoms with E-state index in [-0.39, 0.29) is 34.0 Å². The number of benzene rings is 1. The number of hydrogen-bond donors (Lipinski definition) is 2. The molecule has 0 spiro atoms. The number of halogens is 2. The predicted octanol–water partition coefficient (Wildman–Crippen LogP) is 2.90. The summed E-state index contributed by atoms with van der Waals surface area (Å²) in [5, 5.41) is 15.1. The van der Waals surface area contributed by atoms with Crippen LogP contribution in [0.15, 0.2) is 18.2 Å². The first-order chi connectivity index (χ1) is 10.3. The van der Waals surface area contributed by atoms with Crippen molar-refractivity contribution in [2.24, 2.45) is 0 Å². The molecule has 0 bridgehead atoms. The number of rotatable bonds is 5. The number of nitrogens with one attached hydrogen (secondary N) is 1. The Morgan fingerprint density at radius 3 is 2.41 bits per heavy atom. The van der Waals surface area contributed by atoms with Crippen molar-refractivity contribution in [3.8, 4) is 22.8 Å². The normalized spacial score (nSPS) is 11.3. The van der Waals surface area contributed by atoms with Crippen molar-refractivity contribution in [2.45, 2.75) is 12.8 Å². The number of nitrogens with zero attached hydrogens (tertiary/aromatic N) is 1.